The first-order chi connectivity index (χ1) is 9.03. The summed E-state index contributed by atoms with van der Waals surface area (Å²) < 4.78 is 0. The molecule has 6 nitrogen and oxygen atoms in total. The average molecular weight is 282 g/mol. The number of aromatic hydroxyl groups is 1. The first-order valence-corrected chi connectivity index (χ1v) is 6.97. The highest BCUT2D eigenvalue weighted by molar-refractivity contribution is 7.99. The van der Waals surface area contributed by atoms with Gasteiger partial charge in [-0.2, -0.15) is 11.8 Å². The normalized spacial score (nSPS) is 17.7. The van der Waals surface area contributed by atoms with Crippen LogP contribution in [0.1, 0.15) is 23.2 Å². The van der Waals surface area contributed by atoms with E-state index in [1.165, 1.54) is 18.5 Å². The molecule has 7 heteroatoms. The molecule has 0 aromatic carbocycles. The number of aliphatic carboxylic acids is 1. The van der Waals surface area contributed by atoms with Crippen LogP contribution in [0.4, 0.5) is 0 Å². The molecule has 1 fully saturated rings. The molecule has 0 unspecified atom stereocenters. The zero-order valence-electron chi connectivity index (χ0n) is 10.1. The van der Waals surface area contributed by atoms with E-state index in [0.717, 1.165) is 0 Å². The van der Waals surface area contributed by atoms with Crippen LogP contribution in [0.25, 0.3) is 0 Å². The monoisotopic (exact) mass is 282 g/mol. The van der Waals surface area contributed by atoms with Gasteiger partial charge in [0.2, 0.25) is 0 Å². The summed E-state index contributed by atoms with van der Waals surface area (Å²) in [6.45, 7) is 0. The largest absolute Gasteiger partial charge is 0.506 e. The third kappa shape index (κ3) is 2.98. The van der Waals surface area contributed by atoms with E-state index < -0.39 is 17.4 Å². The fraction of sp³-hybridized carbons (Fsp3) is 0.417. The number of carbonyl (C=O) groups is 2. The molecule has 3 N–H and O–H groups in total. The maximum Gasteiger partial charge on any atom is 0.329 e. The zero-order chi connectivity index (χ0) is 13.9. The van der Waals surface area contributed by atoms with Gasteiger partial charge in [0.05, 0.1) is 11.8 Å². The van der Waals surface area contributed by atoms with Gasteiger partial charge in [0.15, 0.2) is 0 Å². The Morgan fingerprint density at radius 3 is 2.58 bits per heavy atom. The lowest BCUT2D eigenvalue weighted by Gasteiger charge is -2.33. The standard InChI is InChI=1S/C12H14N2O4S/c15-9-5-8(6-13-7-9)10(16)14-12(11(17)18)1-3-19-4-2-12/h5-7,15H,1-4H2,(H,14,16)(H,17,18). The number of rotatable bonds is 3. The topological polar surface area (TPSA) is 99.5 Å². The fourth-order valence-electron chi connectivity index (χ4n) is 1.95. The molecule has 0 atom stereocenters. The fourth-order valence-corrected chi connectivity index (χ4v) is 3.14. The number of carboxylic acid groups (broad SMARTS) is 1. The molecule has 2 heterocycles. The van der Waals surface area contributed by atoms with Gasteiger partial charge in [-0.3, -0.25) is 9.78 Å². The van der Waals surface area contributed by atoms with Crippen LogP contribution in [0.2, 0.25) is 0 Å². The Hall–Kier alpha value is -1.76. The number of carboxylic acids is 1. The molecule has 2 rings (SSSR count). The van der Waals surface area contributed by atoms with Crippen LogP contribution in [-0.2, 0) is 4.79 Å². The zero-order valence-corrected chi connectivity index (χ0v) is 10.9. The molecule has 0 saturated carbocycles. The van der Waals surface area contributed by atoms with Crippen molar-refractivity contribution in [2.45, 2.75) is 18.4 Å². The first kappa shape index (κ1) is 13.7. The number of hydrogen-bond acceptors (Lipinski definition) is 5. The smallest absolute Gasteiger partial charge is 0.329 e. The van der Waals surface area contributed by atoms with Crippen molar-refractivity contribution in [2.75, 3.05) is 11.5 Å². The van der Waals surface area contributed by atoms with Crippen LogP contribution < -0.4 is 5.32 Å². The summed E-state index contributed by atoms with van der Waals surface area (Å²) in [4.78, 5) is 27.2. The van der Waals surface area contributed by atoms with Crippen LogP contribution in [0.3, 0.4) is 0 Å². The number of hydrogen-bond donors (Lipinski definition) is 3. The number of aromatic nitrogens is 1. The van der Waals surface area contributed by atoms with Crippen LogP contribution in [-0.4, -0.2) is 44.1 Å². The Labute approximate surface area is 114 Å². The third-order valence-electron chi connectivity index (χ3n) is 3.09. The minimum atomic E-state index is -1.21. The van der Waals surface area contributed by atoms with E-state index >= 15 is 0 Å². The van der Waals surface area contributed by atoms with E-state index in [1.54, 1.807) is 11.8 Å². The lowest BCUT2D eigenvalue weighted by atomic mass is 9.92. The van der Waals surface area contributed by atoms with Gasteiger partial charge in [0.1, 0.15) is 11.3 Å². The molecule has 1 aromatic heterocycles. The molecule has 0 radical (unpaired) electrons. The van der Waals surface area contributed by atoms with Gasteiger partial charge in [-0.1, -0.05) is 0 Å². The lowest BCUT2D eigenvalue weighted by Crippen LogP contribution is -2.56. The Morgan fingerprint density at radius 1 is 1.32 bits per heavy atom. The molecule has 1 aliphatic rings. The molecule has 1 amide bonds. The maximum absolute atomic E-state index is 12.0. The molecule has 0 bridgehead atoms. The van der Waals surface area contributed by atoms with Crippen molar-refractivity contribution in [3.05, 3.63) is 24.0 Å². The summed E-state index contributed by atoms with van der Waals surface area (Å²) in [7, 11) is 0. The van der Waals surface area contributed by atoms with Gasteiger partial charge in [-0.25, -0.2) is 4.79 Å². The number of thioether (sulfide) groups is 1. The summed E-state index contributed by atoms with van der Waals surface area (Å²) in [5.74, 6) is -0.279. The van der Waals surface area contributed by atoms with E-state index in [1.807, 2.05) is 0 Å². The second-order valence-electron chi connectivity index (χ2n) is 4.39. The predicted molar refractivity (Wildman–Crippen MR) is 70.3 cm³/mol. The Bertz CT molecular complexity index is 500. The van der Waals surface area contributed by atoms with Crippen molar-refractivity contribution in [3.63, 3.8) is 0 Å². The van der Waals surface area contributed by atoms with Crippen molar-refractivity contribution in [3.8, 4) is 5.75 Å². The van der Waals surface area contributed by atoms with Gasteiger partial charge in [-0.15, -0.1) is 0 Å². The lowest BCUT2D eigenvalue weighted by molar-refractivity contribution is -0.144. The molecule has 1 saturated heterocycles. The second kappa shape index (κ2) is 5.48. The molecular formula is C12H14N2O4S. The molecular weight excluding hydrogens is 268 g/mol. The average Bonchev–Trinajstić information content (AvgIpc) is 2.39. The first-order valence-electron chi connectivity index (χ1n) is 5.81. The van der Waals surface area contributed by atoms with Crippen molar-refractivity contribution >= 4 is 23.6 Å². The van der Waals surface area contributed by atoms with Crippen molar-refractivity contribution in [1.29, 1.82) is 0 Å². The van der Waals surface area contributed by atoms with Crippen LogP contribution in [0, 0.1) is 0 Å². The molecule has 19 heavy (non-hydrogen) atoms. The summed E-state index contributed by atoms with van der Waals surface area (Å²) in [5, 5.41) is 21.2. The Kier molecular flexibility index (Phi) is 3.94. The van der Waals surface area contributed by atoms with E-state index in [4.69, 9.17) is 0 Å². The summed E-state index contributed by atoms with van der Waals surface area (Å²) in [6, 6.07) is 1.26. The van der Waals surface area contributed by atoms with Gasteiger partial charge in [-0.05, 0) is 30.4 Å². The van der Waals surface area contributed by atoms with Crippen molar-refractivity contribution in [1.82, 2.24) is 10.3 Å². The molecule has 1 aliphatic heterocycles. The number of nitrogens with zero attached hydrogens (tertiary/aromatic N) is 1. The molecule has 1 aromatic rings. The SMILES string of the molecule is O=C(NC1(C(=O)O)CCSCC1)c1cncc(O)c1. The number of nitrogens with one attached hydrogen (secondary N) is 1. The van der Waals surface area contributed by atoms with E-state index in [-0.39, 0.29) is 11.3 Å². The quantitative estimate of drug-likeness (QED) is 0.760. The van der Waals surface area contributed by atoms with Gasteiger partial charge < -0.3 is 15.5 Å². The minimum Gasteiger partial charge on any atom is -0.506 e. The molecule has 0 aliphatic carbocycles. The Balaban J connectivity index is 2.18. The summed E-state index contributed by atoms with van der Waals surface area (Å²) >= 11 is 1.67. The van der Waals surface area contributed by atoms with Crippen LogP contribution in [0.15, 0.2) is 18.5 Å². The van der Waals surface area contributed by atoms with Crippen LogP contribution >= 0.6 is 11.8 Å². The predicted octanol–water partition coefficient (Wildman–Crippen LogP) is 0.867. The number of pyridine rings is 1. The minimum absolute atomic E-state index is 0.128. The Morgan fingerprint density at radius 2 is 2.00 bits per heavy atom. The van der Waals surface area contributed by atoms with E-state index in [2.05, 4.69) is 10.3 Å². The maximum atomic E-state index is 12.0. The van der Waals surface area contributed by atoms with Crippen molar-refractivity contribution in [2.24, 2.45) is 0 Å². The number of amides is 1. The summed E-state index contributed by atoms with van der Waals surface area (Å²) in [5.41, 5.74) is -1.06. The van der Waals surface area contributed by atoms with E-state index in [0.29, 0.717) is 24.3 Å². The highest BCUT2D eigenvalue weighted by Gasteiger charge is 2.41. The highest BCUT2D eigenvalue weighted by atomic mass is 32.2. The van der Waals surface area contributed by atoms with Gasteiger partial charge in [0.25, 0.3) is 5.91 Å². The second-order valence-corrected chi connectivity index (χ2v) is 5.61. The molecule has 102 valence electrons. The van der Waals surface area contributed by atoms with Gasteiger partial charge in [0, 0.05) is 6.20 Å². The number of carbonyl (C=O) groups excluding carboxylic acids is 1. The molecule has 0 spiro atoms. The third-order valence-corrected chi connectivity index (χ3v) is 4.08. The summed E-state index contributed by atoms with van der Waals surface area (Å²) in [6.07, 6.45) is 3.29. The van der Waals surface area contributed by atoms with E-state index in [9.17, 15) is 19.8 Å². The van der Waals surface area contributed by atoms with Crippen LogP contribution in [0.5, 0.6) is 5.75 Å². The highest BCUT2D eigenvalue weighted by Crippen LogP contribution is 2.27. The van der Waals surface area contributed by atoms with Crippen molar-refractivity contribution < 1.29 is 19.8 Å². The van der Waals surface area contributed by atoms with Gasteiger partial charge >= 0.3 is 5.97 Å².